The quantitative estimate of drug-likeness (QED) is 0.895. The Hall–Kier alpha value is -0.800. The van der Waals surface area contributed by atoms with Crippen LogP contribution in [0.2, 0.25) is 0 Å². The monoisotopic (exact) mass is 294 g/mol. The van der Waals surface area contributed by atoms with Crippen molar-refractivity contribution < 1.29 is 0 Å². The molecule has 1 heterocycles. The lowest BCUT2D eigenvalue weighted by Crippen LogP contribution is -2.02. The van der Waals surface area contributed by atoms with Gasteiger partial charge in [0.05, 0.1) is 0 Å². The second-order valence-electron chi connectivity index (χ2n) is 4.40. The normalized spacial score (nSPS) is 11.2. The molecular formula is C14H19BrN2. The van der Waals surface area contributed by atoms with Gasteiger partial charge in [0.15, 0.2) is 0 Å². The highest BCUT2D eigenvalue weighted by atomic mass is 79.9. The Bertz CT molecular complexity index is 502. The van der Waals surface area contributed by atoms with Crippen molar-refractivity contribution in [2.24, 2.45) is 5.73 Å². The van der Waals surface area contributed by atoms with E-state index < -0.39 is 0 Å². The average molecular weight is 295 g/mol. The zero-order valence-electron chi connectivity index (χ0n) is 10.2. The molecule has 1 aromatic carbocycles. The molecular weight excluding hydrogens is 276 g/mol. The van der Waals surface area contributed by atoms with Gasteiger partial charge in [0.1, 0.15) is 0 Å². The van der Waals surface area contributed by atoms with Gasteiger partial charge in [-0.1, -0.05) is 29.3 Å². The number of aryl methyl sites for hydroxylation is 1. The van der Waals surface area contributed by atoms with Crippen molar-refractivity contribution in [1.82, 2.24) is 4.57 Å². The van der Waals surface area contributed by atoms with Crippen LogP contribution in [0.15, 0.2) is 28.9 Å². The Kier molecular flexibility index (Phi) is 4.24. The second kappa shape index (κ2) is 5.69. The standard InChI is InChI=1S/C14H19BrN2/c1-2-3-8-17-10-11(6-7-16)13-9-12(15)4-5-14(13)17/h4-5,9-10H,2-3,6-8,16H2,1H3. The average Bonchev–Trinajstić information content (AvgIpc) is 2.65. The van der Waals surface area contributed by atoms with E-state index in [1.807, 2.05) is 0 Å². The van der Waals surface area contributed by atoms with Crippen molar-refractivity contribution in [2.45, 2.75) is 32.7 Å². The molecule has 0 saturated heterocycles. The SMILES string of the molecule is CCCCn1cc(CCN)c2cc(Br)ccc21. The number of hydrogen-bond acceptors (Lipinski definition) is 1. The van der Waals surface area contributed by atoms with Crippen molar-refractivity contribution in [2.75, 3.05) is 6.54 Å². The van der Waals surface area contributed by atoms with Crippen LogP contribution in [0, 0.1) is 0 Å². The molecule has 0 aliphatic carbocycles. The number of nitrogens with two attached hydrogens (primary N) is 1. The molecule has 0 bridgehead atoms. The summed E-state index contributed by atoms with van der Waals surface area (Å²) < 4.78 is 3.49. The number of unbranched alkanes of at least 4 members (excludes halogenated alkanes) is 1. The minimum atomic E-state index is 0.708. The van der Waals surface area contributed by atoms with Crippen LogP contribution < -0.4 is 5.73 Å². The van der Waals surface area contributed by atoms with E-state index in [0.29, 0.717) is 6.54 Å². The summed E-state index contributed by atoms with van der Waals surface area (Å²) in [6.45, 7) is 4.03. The molecule has 0 spiro atoms. The van der Waals surface area contributed by atoms with Gasteiger partial charge in [-0.3, -0.25) is 0 Å². The molecule has 0 aliphatic rings. The Labute approximate surface area is 111 Å². The van der Waals surface area contributed by atoms with E-state index in [1.54, 1.807) is 0 Å². The number of rotatable bonds is 5. The molecule has 2 nitrogen and oxygen atoms in total. The molecule has 1 aromatic heterocycles. The summed E-state index contributed by atoms with van der Waals surface area (Å²) in [5.74, 6) is 0. The van der Waals surface area contributed by atoms with Gasteiger partial charge in [-0.05, 0) is 43.1 Å². The number of nitrogens with zero attached hydrogens (tertiary/aromatic N) is 1. The fourth-order valence-electron chi connectivity index (χ4n) is 2.21. The van der Waals surface area contributed by atoms with Gasteiger partial charge in [0.2, 0.25) is 0 Å². The molecule has 0 fully saturated rings. The largest absolute Gasteiger partial charge is 0.347 e. The maximum atomic E-state index is 5.68. The summed E-state index contributed by atoms with van der Waals surface area (Å²) in [4.78, 5) is 0. The molecule has 2 aromatic rings. The number of hydrogen-bond donors (Lipinski definition) is 1. The smallest absolute Gasteiger partial charge is 0.0483 e. The summed E-state index contributed by atoms with van der Waals surface area (Å²) in [5.41, 5.74) is 8.36. The summed E-state index contributed by atoms with van der Waals surface area (Å²) in [6.07, 6.45) is 5.66. The van der Waals surface area contributed by atoms with Crippen LogP contribution in [0.5, 0.6) is 0 Å². The Morgan fingerprint density at radius 1 is 1.35 bits per heavy atom. The van der Waals surface area contributed by atoms with Crippen LogP contribution in [0.1, 0.15) is 25.3 Å². The molecule has 92 valence electrons. The van der Waals surface area contributed by atoms with E-state index in [1.165, 1.54) is 29.3 Å². The van der Waals surface area contributed by atoms with Crippen LogP contribution in [0.25, 0.3) is 10.9 Å². The van der Waals surface area contributed by atoms with E-state index >= 15 is 0 Å². The Morgan fingerprint density at radius 3 is 2.88 bits per heavy atom. The lowest BCUT2D eigenvalue weighted by atomic mass is 10.1. The van der Waals surface area contributed by atoms with Gasteiger partial charge in [0.25, 0.3) is 0 Å². The van der Waals surface area contributed by atoms with Crippen LogP contribution in [-0.4, -0.2) is 11.1 Å². The predicted octanol–water partition coefficient (Wildman–Crippen LogP) is 3.71. The Balaban J connectivity index is 2.46. The number of aromatic nitrogens is 1. The molecule has 17 heavy (non-hydrogen) atoms. The number of fused-ring (bicyclic) bond motifs is 1. The van der Waals surface area contributed by atoms with E-state index in [2.05, 4.69) is 51.8 Å². The zero-order chi connectivity index (χ0) is 12.3. The minimum Gasteiger partial charge on any atom is -0.347 e. The van der Waals surface area contributed by atoms with Gasteiger partial charge in [-0.15, -0.1) is 0 Å². The van der Waals surface area contributed by atoms with Crippen molar-refractivity contribution in [1.29, 1.82) is 0 Å². The van der Waals surface area contributed by atoms with Crippen molar-refractivity contribution >= 4 is 26.8 Å². The lowest BCUT2D eigenvalue weighted by Gasteiger charge is -2.03. The first-order valence-electron chi connectivity index (χ1n) is 6.23. The fourth-order valence-corrected chi connectivity index (χ4v) is 2.57. The first kappa shape index (κ1) is 12.7. The molecule has 0 aliphatic heterocycles. The van der Waals surface area contributed by atoms with Crippen molar-refractivity contribution in [3.63, 3.8) is 0 Å². The molecule has 0 radical (unpaired) electrons. The summed E-state index contributed by atoms with van der Waals surface area (Å²) in [5, 5.41) is 1.33. The first-order chi connectivity index (χ1) is 8.26. The predicted molar refractivity (Wildman–Crippen MR) is 77.3 cm³/mol. The van der Waals surface area contributed by atoms with Gasteiger partial charge < -0.3 is 10.3 Å². The molecule has 2 N–H and O–H groups in total. The fraction of sp³-hybridized carbons (Fsp3) is 0.429. The van der Waals surface area contributed by atoms with E-state index in [0.717, 1.165) is 17.4 Å². The van der Waals surface area contributed by atoms with Crippen LogP contribution in [0.3, 0.4) is 0 Å². The van der Waals surface area contributed by atoms with Gasteiger partial charge in [-0.25, -0.2) is 0 Å². The molecule has 0 saturated carbocycles. The topological polar surface area (TPSA) is 30.9 Å². The van der Waals surface area contributed by atoms with E-state index in [9.17, 15) is 0 Å². The van der Waals surface area contributed by atoms with Crippen LogP contribution >= 0.6 is 15.9 Å². The maximum Gasteiger partial charge on any atom is 0.0483 e. The maximum absolute atomic E-state index is 5.68. The van der Waals surface area contributed by atoms with Crippen molar-refractivity contribution in [3.8, 4) is 0 Å². The summed E-state index contributed by atoms with van der Waals surface area (Å²) in [7, 11) is 0. The third kappa shape index (κ3) is 2.72. The summed E-state index contributed by atoms with van der Waals surface area (Å²) in [6, 6.07) is 6.49. The van der Waals surface area contributed by atoms with Crippen LogP contribution in [0.4, 0.5) is 0 Å². The zero-order valence-corrected chi connectivity index (χ0v) is 11.8. The highest BCUT2D eigenvalue weighted by molar-refractivity contribution is 9.10. The molecule has 2 rings (SSSR count). The highest BCUT2D eigenvalue weighted by Gasteiger charge is 2.07. The van der Waals surface area contributed by atoms with Gasteiger partial charge in [0, 0.05) is 28.1 Å². The van der Waals surface area contributed by atoms with E-state index in [4.69, 9.17) is 5.73 Å². The first-order valence-corrected chi connectivity index (χ1v) is 7.03. The lowest BCUT2D eigenvalue weighted by molar-refractivity contribution is 0.648. The second-order valence-corrected chi connectivity index (χ2v) is 5.32. The molecule has 3 heteroatoms. The molecule has 0 atom stereocenters. The third-order valence-corrected chi connectivity index (χ3v) is 3.59. The van der Waals surface area contributed by atoms with Gasteiger partial charge in [-0.2, -0.15) is 0 Å². The summed E-state index contributed by atoms with van der Waals surface area (Å²) >= 11 is 3.54. The molecule has 0 unspecified atom stereocenters. The number of benzene rings is 1. The van der Waals surface area contributed by atoms with Crippen molar-refractivity contribution in [3.05, 3.63) is 34.4 Å². The number of halogens is 1. The highest BCUT2D eigenvalue weighted by Crippen LogP contribution is 2.25. The van der Waals surface area contributed by atoms with E-state index in [-0.39, 0.29) is 0 Å². The Morgan fingerprint density at radius 2 is 2.18 bits per heavy atom. The van der Waals surface area contributed by atoms with Crippen LogP contribution in [-0.2, 0) is 13.0 Å². The third-order valence-electron chi connectivity index (χ3n) is 3.09. The van der Waals surface area contributed by atoms with Gasteiger partial charge >= 0.3 is 0 Å². The minimum absolute atomic E-state index is 0.708. The molecule has 0 amide bonds.